The Morgan fingerprint density at radius 3 is 2.13 bits per heavy atom. The number of hydrogen-bond acceptors (Lipinski definition) is 8. The number of fused-ring (bicyclic) bond motifs is 1. The monoisotopic (exact) mass is 685 g/mol. The van der Waals surface area contributed by atoms with Crippen LogP contribution >= 0.6 is 11.6 Å². The standard InChI is InChI=1S/C33H34ClF2N5O5S/c1-7-23(43)39-11-13-40(14-12-39)30-19-15-20(34)24(25-21(35)9-8-10-22(25)42)26(36)29(19)41(33(44)32(30)47(6,45)46)31-27(17(2)3)37-16-38-28(31)18(4)5/h7-10,15-18,42H,1,11-14H2,2-6H3. The van der Waals surface area contributed by atoms with Crippen LogP contribution < -0.4 is 10.5 Å². The lowest BCUT2D eigenvalue weighted by molar-refractivity contribution is -0.126. The van der Waals surface area contributed by atoms with E-state index in [9.17, 15) is 23.1 Å². The lowest BCUT2D eigenvalue weighted by Crippen LogP contribution is -2.49. The van der Waals surface area contributed by atoms with E-state index in [-0.39, 0.29) is 65.7 Å². The van der Waals surface area contributed by atoms with Gasteiger partial charge in [0.25, 0.3) is 5.56 Å². The van der Waals surface area contributed by atoms with Crippen LogP contribution in [-0.2, 0) is 14.6 Å². The first-order valence-corrected chi connectivity index (χ1v) is 17.2. The van der Waals surface area contributed by atoms with Gasteiger partial charge in [-0.3, -0.25) is 14.2 Å². The number of rotatable bonds is 7. The van der Waals surface area contributed by atoms with Crippen molar-refractivity contribution in [1.29, 1.82) is 0 Å². The summed E-state index contributed by atoms with van der Waals surface area (Å²) in [6.07, 6.45) is 3.38. The van der Waals surface area contributed by atoms with Gasteiger partial charge in [0, 0.05) is 43.4 Å². The van der Waals surface area contributed by atoms with Crippen LogP contribution in [0.5, 0.6) is 5.75 Å². The van der Waals surface area contributed by atoms with Crippen LogP contribution in [0.1, 0.15) is 50.9 Å². The largest absolute Gasteiger partial charge is 0.507 e. The molecule has 47 heavy (non-hydrogen) atoms. The molecule has 0 bridgehead atoms. The first-order valence-electron chi connectivity index (χ1n) is 14.9. The molecule has 0 radical (unpaired) electrons. The molecule has 10 nitrogen and oxygen atoms in total. The van der Waals surface area contributed by atoms with Gasteiger partial charge < -0.3 is 14.9 Å². The molecule has 1 amide bonds. The van der Waals surface area contributed by atoms with Gasteiger partial charge in [0.15, 0.2) is 20.5 Å². The molecule has 0 unspecified atom stereocenters. The number of carbonyl (C=O) groups excluding carboxylic acids is 1. The van der Waals surface area contributed by atoms with Crippen LogP contribution in [-0.4, -0.2) is 71.3 Å². The van der Waals surface area contributed by atoms with Crippen LogP contribution in [0.25, 0.3) is 27.7 Å². The number of halogens is 3. The lowest BCUT2D eigenvalue weighted by Gasteiger charge is -2.37. The van der Waals surface area contributed by atoms with Crippen LogP contribution in [0.2, 0.25) is 5.02 Å². The average molecular weight is 686 g/mol. The number of nitrogens with zero attached hydrogens (tertiary/aromatic N) is 5. The predicted octanol–water partition coefficient (Wildman–Crippen LogP) is 5.57. The molecular formula is C33H34ClF2N5O5S. The number of piperazine rings is 1. The van der Waals surface area contributed by atoms with Gasteiger partial charge in [-0.15, -0.1) is 0 Å². The molecule has 14 heteroatoms. The SMILES string of the molecule is C=CC(=O)N1CCN(c2c(S(C)(=O)=O)c(=O)n(-c3c(C(C)C)ncnc3C(C)C)c3c(F)c(-c4c(O)cccc4F)c(Cl)cc23)CC1. The zero-order chi connectivity index (χ0) is 34.5. The van der Waals surface area contributed by atoms with Gasteiger partial charge in [0.2, 0.25) is 5.91 Å². The minimum atomic E-state index is -4.32. The van der Waals surface area contributed by atoms with Gasteiger partial charge in [-0.25, -0.2) is 27.2 Å². The molecule has 0 saturated carbocycles. The highest BCUT2D eigenvalue weighted by Crippen LogP contribution is 2.45. The maximum atomic E-state index is 17.4. The number of aromatic hydroxyl groups is 1. The number of hydrogen-bond donors (Lipinski definition) is 1. The maximum absolute atomic E-state index is 17.4. The Labute approximate surface area is 275 Å². The number of phenols is 1. The Balaban J connectivity index is 2.04. The Kier molecular flexibility index (Phi) is 9.17. The van der Waals surface area contributed by atoms with Gasteiger partial charge in [-0.2, -0.15) is 0 Å². The fourth-order valence-corrected chi connectivity index (χ4v) is 7.33. The van der Waals surface area contributed by atoms with Crippen molar-refractivity contribution in [2.75, 3.05) is 37.3 Å². The minimum absolute atomic E-state index is 0.0520. The Bertz CT molecular complexity index is 2060. The third-order valence-electron chi connectivity index (χ3n) is 8.17. The molecule has 1 aliphatic rings. The third kappa shape index (κ3) is 5.86. The van der Waals surface area contributed by atoms with Gasteiger partial charge in [0.05, 0.1) is 38.9 Å². The number of phenolic OH excluding ortho intramolecular Hbond substituents is 1. The zero-order valence-electron chi connectivity index (χ0n) is 26.5. The zero-order valence-corrected chi connectivity index (χ0v) is 28.1. The molecule has 248 valence electrons. The number of carbonyl (C=O) groups is 1. The fraction of sp³-hybridized carbons (Fsp3) is 0.333. The van der Waals surface area contributed by atoms with E-state index >= 15 is 8.78 Å². The van der Waals surface area contributed by atoms with E-state index in [1.807, 2.05) is 27.7 Å². The molecule has 0 atom stereocenters. The van der Waals surface area contributed by atoms with Crippen molar-refractivity contribution in [3.8, 4) is 22.6 Å². The number of sulfone groups is 1. The molecule has 0 spiro atoms. The molecule has 0 aliphatic carbocycles. The van der Waals surface area contributed by atoms with Gasteiger partial charge in [-0.05, 0) is 36.1 Å². The number of pyridine rings is 1. The summed E-state index contributed by atoms with van der Waals surface area (Å²) in [5, 5.41) is 10.3. The second-order valence-corrected chi connectivity index (χ2v) is 14.3. The molecule has 2 aromatic heterocycles. The number of anilines is 1. The Hall–Kier alpha value is -4.36. The normalized spacial score (nSPS) is 14.0. The molecular weight excluding hydrogens is 652 g/mol. The quantitative estimate of drug-likeness (QED) is 0.251. The van der Waals surface area contributed by atoms with Crippen molar-refractivity contribution in [3.63, 3.8) is 0 Å². The first kappa shape index (κ1) is 34.0. The van der Waals surface area contributed by atoms with Crippen molar-refractivity contribution in [1.82, 2.24) is 19.4 Å². The highest BCUT2D eigenvalue weighted by molar-refractivity contribution is 7.90. The van der Waals surface area contributed by atoms with Gasteiger partial charge >= 0.3 is 0 Å². The van der Waals surface area contributed by atoms with E-state index in [2.05, 4.69) is 16.5 Å². The summed E-state index contributed by atoms with van der Waals surface area (Å²) in [4.78, 5) is 38.4. The van der Waals surface area contributed by atoms with E-state index in [0.717, 1.165) is 16.9 Å². The summed E-state index contributed by atoms with van der Waals surface area (Å²) >= 11 is 6.69. The van der Waals surface area contributed by atoms with Crippen LogP contribution in [0.4, 0.5) is 14.5 Å². The fourth-order valence-electron chi connectivity index (χ4n) is 6.05. The van der Waals surface area contributed by atoms with Crippen LogP contribution in [0.15, 0.2) is 52.9 Å². The maximum Gasteiger partial charge on any atom is 0.276 e. The lowest BCUT2D eigenvalue weighted by atomic mass is 9.98. The number of benzene rings is 2. The van der Waals surface area contributed by atoms with E-state index in [0.29, 0.717) is 11.4 Å². The van der Waals surface area contributed by atoms with E-state index in [4.69, 9.17) is 11.6 Å². The molecule has 3 heterocycles. The van der Waals surface area contributed by atoms with Crippen molar-refractivity contribution in [3.05, 3.63) is 81.6 Å². The first-order chi connectivity index (χ1) is 22.1. The molecule has 4 aromatic rings. The van der Waals surface area contributed by atoms with Crippen LogP contribution in [0.3, 0.4) is 0 Å². The molecule has 1 aliphatic heterocycles. The van der Waals surface area contributed by atoms with E-state index in [1.54, 1.807) is 4.90 Å². The smallest absolute Gasteiger partial charge is 0.276 e. The van der Waals surface area contributed by atoms with E-state index in [1.165, 1.54) is 35.5 Å². The summed E-state index contributed by atoms with van der Waals surface area (Å²) in [7, 11) is -4.32. The highest BCUT2D eigenvalue weighted by atomic mass is 35.5. The topological polar surface area (TPSA) is 126 Å². The van der Waals surface area contributed by atoms with Gasteiger partial charge in [0.1, 0.15) is 17.9 Å². The summed E-state index contributed by atoms with van der Waals surface area (Å²) in [6, 6.07) is 4.72. The predicted molar refractivity (Wildman–Crippen MR) is 177 cm³/mol. The number of amides is 1. The van der Waals surface area contributed by atoms with Crippen molar-refractivity contribution < 1.29 is 27.1 Å². The summed E-state index contributed by atoms with van der Waals surface area (Å²) < 4.78 is 60.8. The third-order valence-corrected chi connectivity index (χ3v) is 9.58. The molecule has 5 rings (SSSR count). The summed E-state index contributed by atoms with van der Waals surface area (Å²) in [5.74, 6) is -3.69. The van der Waals surface area contributed by atoms with Crippen molar-refractivity contribution >= 4 is 43.9 Å². The van der Waals surface area contributed by atoms with Crippen molar-refractivity contribution in [2.24, 2.45) is 0 Å². The second kappa shape index (κ2) is 12.7. The molecule has 1 N–H and O–H groups in total. The number of aromatic nitrogens is 3. The summed E-state index contributed by atoms with van der Waals surface area (Å²) in [5.41, 5.74) is -1.83. The molecule has 1 fully saturated rings. The average Bonchev–Trinajstić information content (AvgIpc) is 3.00. The Morgan fingerprint density at radius 1 is 1.02 bits per heavy atom. The highest BCUT2D eigenvalue weighted by Gasteiger charge is 2.35. The summed E-state index contributed by atoms with van der Waals surface area (Å²) in [6.45, 7) is 11.3. The van der Waals surface area contributed by atoms with Crippen LogP contribution in [0, 0.1) is 11.6 Å². The van der Waals surface area contributed by atoms with E-state index < -0.39 is 54.3 Å². The van der Waals surface area contributed by atoms with Gasteiger partial charge in [-0.1, -0.05) is 51.9 Å². The molecule has 1 saturated heterocycles. The minimum Gasteiger partial charge on any atom is -0.507 e. The van der Waals surface area contributed by atoms with Crippen molar-refractivity contribution in [2.45, 2.75) is 44.4 Å². The Morgan fingerprint density at radius 2 is 1.62 bits per heavy atom. The second-order valence-electron chi connectivity index (χ2n) is 12.0. The molecule has 2 aromatic carbocycles.